The van der Waals surface area contributed by atoms with Crippen molar-refractivity contribution in [1.29, 1.82) is 0 Å². The minimum atomic E-state index is -3.64. The summed E-state index contributed by atoms with van der Waals surface area (Å²) in [7, 11) is -3.64. The van der Waals surface area contributed by atoms with E-state index in [-0.39, 0.29) is 36.3 Å². The fraction of sp³-hybridized carbons (Fsp3) is 0.500. The van der Waals surface area contributed by atoms with Crippen molar-refractivity contribution in [3.8, 4) is 0 Å². The fourth-order valence-corrected chi connectivity index (χ4v) is 6.88. The smallest absolute Gasteiger partial charge is 0.310 e. The quantitative estimate of drug-likeness (QED) is 0.708. The molecule has 0 saturated carbocycles. The lowest BCUT2D eigenvalue weighted by atomic mass is 9.82. The van der Waals surface area contributed by atoms with E-state index in [1.165, 1.54) is 21.3 Å². The average Bonchev–Trinajstić information content (AvgIpc) is 3.36. The van der Waals surface area contributed by atoms with Gasteiger partial charge in [0.1, 0.15) is 10.1 Å². The second-order valence-corrected chi connectivity index (χ2v) is 10.5. The van der Waals surface area contributed by atoms with E-state index in [9.17, 15) is 23.1 Å². The zero-order valence-electron chi connectivity index (χ0n) is 14.0. The number of nitrogens with zero attached hydrogens (tertiary/aromatic N) is 2. The Bertz CT molecular complexity index is 906. The van der Waals surface area contributed by atoms with Crippen LogP contribution >= 0.6 is 22.9 Å². The van der Waals surface area contributed by atoms with Gasteiger partial charge in [-0.05, 0) is 12.1 Å². The van der Waals surface area contributed by atoms with Crippen LogP contribution in [0.4, 0.5) is 0 Å². The molecule has 2 saturated heterocycles. The second-order valence-electron chi connectivity index (χ2n) is 6.63. The van der Waals surface area contributed by atoms with Crippen LogP contribution in [0.2, 0.25) is 4.34 Å². The number of hydrogen-bond acceptors (Lipinski definition) is 6. The van der Waals surface area contributed by atoms with Crippen molar-refractivity contribution in [2.24, 2.45) is 11.8 Å². The molecule has 0 unspecified atom stereocenters. The van der Waals surface area contributed by atoms with E-state index >= 15 is 0 Å². The van der Waals surface area contributed by atoms with E-state index in [0.29, 0.717) is 4.34 Å². The Balaban J connectivity index is 1.44. The molecular weight excluding hydrogens is 416 g/mol. The van der Waals surface area contributed by atoms with Gasteiger partial charge in [0.25, 0.3) is 10.0 Å². The number of carbonyl (C=O) groups excluding carboxylic acids is 1. The summed E-state index contributed by atoms with van der Waals surface area (Å²) in [6, 6.07) is 3.00. The zero-order valence-corrected chi connectivity index (χ0v) is 16.4. The maximum Gasteiger partial charge on any atom is 0.310 e. The number of carbonyl (C=O) groups is 2. The third-order valence-corrected chi connectivity index (χ3v) is 8.76. The molecule has 3 aliphatic rings. The molecule has 1 N–H and O–H groups in total. The highest BCUT2D eigenvalue weighted by molar-refractivity contribution is 7.91. The largest absolute Gasteiger partial charge is 0.481 e. The van der Waals surface area contributed by atoms with Crippen LogP contribution in [0, 0.1) is 11.8 Å². The number of carboxylic acid groups (broad SMARTS) is 1. The number of rotatable bonds is 4. The highest BCUT2D eigenvalue weighted by Gasteiger charge is 2.54. The standard InChI is InChI=1S/C16H17ClN2O6S2/c17-11-3-4-12(26-11)27(23,24)19-7-5-18(6-8-19)15(20)13-9-1-2-10(25-9)14(13)16(21)22/h1-4,9-10,13-14H,5-8H2,(H,21,22)/t9-,10-,13-,14+/m1/s1. The molecule has 2 bridgehead atoms. The lowest BCUT2D eigenvalue weighted by molar-refractivity contribution is -0.150. The molecule has 0 spiro atoms. The summed E-state index contributed by atoms with van der Waals surface area (Å²) in [5, 5.41) is 9.45. The molecule has 146 valence electrons. The molecule has 11 heteroatoms. The van der Waals surface area contributed by atoms with Crippen LogP contribution < -0.4 is 0 Å². The molecule has 0 aromatic carbocycles. The first kappa shape index (κ1) is 18.9. The van der Waals surface area contributed by atoms with Crippen molar-refractivity contribution in [3.05, 3.63) is 28.6 Å². The Morgan fingerprint density at radius 2 is 1.74 bits per heavy atom. The number of sulfonamides is 1. The Kier molecular flexibility index (Phi) is 4.79. The number of aliphatic carboxylic acids is 1. The van der Waals surface area contributed by atoms with Gasteiger partial charge in [-0.1, -0.05) is 23.8 Å². The number of amides is 1. The molecule has 0 aliphatic carbocycles. The van der Waals surface area contributed by atoms with E-state index in [2.05, 4.69) is 0 Å². The molecule has 1 aromatic rings. The fourth-order valence-electron chi connectivity index (χ4n) is 3.82. The van der Waals surface area contributed by atoms with Gasteiger partial charge in [0.05, 0.1) is 22.5 Å². The lowest BCUT2D eigenvalue weighted by Crippen LogP contribution is -2.54. The van der Waals surface area contributed by atoms with E-state index in [0.717, 1.165) is 11.3 Å². The summed E-state index contributed by atoms with van der Waals surface area (Å²) in [4.78, 5) is 26.0. The number of ether oxygens (including phenoxy) is 1. The van der Waals surface area contributed by atoms with Crippen LogP contribution in [0.1, 0.15) is 0 Å². The number of halogens is 1. The maximum absolute atomic E-state index is 12.9. The Labute approximate surface area is 165 Å². The van der Waals surface area contributed by atoms with Crippen molar-refractivity contribution >= 4 is 44.8 Å². The Morgan fingerprint density at radius 3 is 2.30 bits per heavy atom. The molecule has 4 heterocycles. The number of thiophene rings is 1. The predicted octanol–water partition coefficient (Wildman–Crippen LogP) is 0.889. The van der Waals surface area contributed by atoms with Crippen molar-refractivity contribution in [2.45, 2.75) is 16.4 Å². The highest BCUT2D eigenvalue weighted by Crippen LogP contribution is 2.40. The van der Waals surface area contributed by atoms with E-state index in [4.69, 9.17) is 16.3 Å². The van der Waals surface area contributed by atoms with Gasteiger partial charge >= 0.3 is 5.97 Å². The maximum atomic E-state index is 12.9. The molecule has 2 fully saturated rings. The summed E-state index contributed by atoms with van der Waals surface area (Å²) >= 11 is 6.82. The number of carboxylic acids is 1. The molecule has 8 nitrogen and oxygen atoms in total. The zero-order chi connectivity index (χ0) is 19.3. The van der Waals surface area contributed by atoms with E-state index in [1.807, 2.05) is 0 Å². The van der Waals surface area contributed by atoms with Crippen LogP contribution in [0.5, 0.6) is 0 Å². The van der Waals surface area contributed by atoms with Gasteiger partial charge in [-0.2, -0.15) is 4.31 Å². The van der Waals surface area contributed by atoms with Gasteiger partial charge in [0.2, 0.25) is 5.91 Å². The van der Waals surface area contributed by atoms with Gasteiger partial charge in [-0.3, -0.25) is 9.59 Å². The first-order valence-corrected chi connectivity index (χ1v) is 11.0. The summed E-state index contributed by atoms with van der Waals surface area (Å²) in [6.07, 6.45) is 2.31. The second kappa shape index (κ2) is 6.85. The van der Waals surface area contributed by atoms with Crippen molar-refractivity contribution in [3.63, 3.8) is 0 Å². The van der Waals surface area contributed by atoms with Gasteiger partial charge in [0.15, 0.2) is 0 Å². The van der Waals surface area contributed by atoms with Crippen LogP contribution in [-0.2, 0) is 24.3 Å². The van der Waals surface area contributed by atoms with E-state index in [1.54, 1.807) is 12.2 Å². The van der Waals surface area contributed by atoms with E-state index < -0.39 is 40.0 Å². The van der Waals surface area contributed by atoms with Crippen molar-refractivity contribution in [2.75, 3.05) is 26.2 Å². The normalized spacial score (nSPS) is 30.8. The monoisotopic (exact) mass is 432 g/mol. The first-order chi connectivity index (χ1) is 12.8. The van der Waals surface area contributed by atoms with Gasteiger partial charge in [-0.25, -0.2) is 8.42 Å². The summed E-state index contributed by atoms with van der Waals surface area (Å²) < 4.78 is 32.7. The minimum Gasteiger partial charge on any atom is -0.481 e. The number of piperazine rings is 1. The molecule has 4 atom stereocenters. The minimum absolute atomic E-state index is 0.152. The number of fused-ring (bicyclic) bond motifs is 2. The average molecular weight is 433 g/mol. The van der Waals surface area contributed by atoms with Crippen LogP contribution in [0.25, 0.3) is 0 Å². The molecule has 4 rings (SSSR count). The van der Waals surface area contributed by atoms with Crippen molar-refractivity contribution in [1.82, 2.24) is 9.21 Å². The molecule has 27 heavy (non-hydrogen) atoms. The van der Waals surface area contributed by atoms with Gasteiger partial charge in [-0.15, -0.1) is 11.3 Å². The topological polar surface area (TPSA) is 104 Å². The van der Waals surface area contributed by atoms with Crippen LogP contribution in [0.15, 0.2) is 28.5 Å². The van der Waals surface area contributed by atoms with Crippen molar-refractivity contribution < 1.29 is 27.9 Å². The molecule has 1 amide bonds. The molecule has 1 aromatic heterocycles. The third kappa shape index (κ3) is 3.19. The SMILES string of the molecule is O=C(O)[C@@H]1[C@H](C(=O)N2CCN(S(=O)(=O)c3ccc(Cl)s3)CC2)[C@H]2C=C[C@H]1O2. The predicted molar refractivity (Wildman–Crippen MR) is 97.1 cm³/mol. The van der Waals surface area contributed by atoms with Crippen LogP contribution in [-0.4, -0.2) is 73.0 Å². The Morgan fingerprint density at radius 1 is 1.11 bits per heavy atom. The highest BCUT2D eigenvalue weighted by atomic mass is 35.5. The summed E-state index contributed by atoms with van der Waals surface area (Å²) in [5.41, 5.74) is 0. The Hall–Kier alpha value is -1.46. The van der Waals surface area contributed by atoms with Gasteiger partial charge < -0.3 is 14.7 Å². The summed E-state index contributed by atoms with van der Waals surface area (Å²) in [6.45, 7) is 0.722. The lowest BCUT2D eigenvalue weighted by Gasteiger charge is -2.36. The molecule has 3 aliphatic heterocycles. The first-order valence-electron chi connectivity index (χ1n) is 8.40. The third-order valence-electron chi connectivity index (χ3n) is 5.16. The summed E-state index contributed by atoms with van der Waals surface area (Å²) in [5.74, 6) is -3.02. The molecular formula is C16H17ClN2O6S2. The molecule has 0 radical (unpaired) electrons. The van der Waals surface area contributed by atoms with Gasteiger partial charge in [0, 0.05) is 26.2 Å². The van der Waals surface area contributed by atoms with Crippen LogP contribution in [0.3, 0.4) is 0 Å². The number of hydrogen-bond donors (Lipinski definition) is 1.